The third-order valence-corrected chi connectivity index (χ3v) is 2.68. The summed E-state index contributed by atoms with van der Waals surface area (Å²) in [6.07, 6.45) is 0. The zero-order valence-electron chi connectivity index (χ0n) is 9.81. The van der Waals surface area contributed by atoms with E-state index in [1.54, 1.807) is 6.92 Å². The van der Waals surface area contributed by atoms with E-state index < -0.39 is 5.82 Å². The lowest BCUT2D eigenvalue weighted by Crippen LogP contribution is -2.03. The van der Waals surface area contributed by atoms with E-state index in [0.717, 1.165) is 0 Å². The fraction of sp³-hybridized carbons (Fsp3) is 0.182. The van der Waals surface area contributed by atoms with Gasteiger partial charge in [-0.25, -0.2) is 14.4 Å². The Hall–Kier alpha value is -2.44. The van der Waals surface area contributed by atoms with Crippen molar-refractivity contribution in [3.63, 3.8) is 0 Å². The molecule has 7 heteroatoms. The van der Waals surface area contributed by atoms with Crippen LogP contribution in [0.1, 0.15) is 5.82 Å². The first kappa shape index (κ1) is 10.7. The molecule has 2 aromatic heterocycles. The molecular weight excluding hydrogens is 237 g/mol. The molecule has 0 atom stereocenters. The number of halogens is 1. The van der Waals surface area contributed by atoms with Crippen molar-refractivity contribution in [2.24, 2.45) is 0 Å². The molecule has 0 amide bonds. The van der Waals surface area contributed by atoms with E-state index in [4.69, 9.17) is 10.5 Å². The number of methoxy groups -OCH3 is 1. The highest BCUT2D eigenvalue weighted by atomic mass is 19.1. The highest BCUT2D eigenvalue weighted by Crippen LogP contribution is 2.26. The Kier molecular flexibility index (Phi) is 2.09. The van der Waals surface area contributed by atoms with Crippen molar-refractivity contribution in [2.45, 2.75) is 6.92 Å². The second-order valence-electron chi connectivity index (χ2n) is 3.87. The summed E-state index contributed by atoms with van der Waals surface area (Å²) in [4.78, 5) is 8.38. The Labute approximate surface area is 101 Å². The summed E-state index contributed by atoms with van der Waals surface area (Å²) in [6.45, 7) is 1.73. The van der Waals surface area contributed by atoms with Crippen LogP contribution in [0.25, 0.3) is 16.6 Å². The standard InChI is InChI=1S/C11H10FN5O/c1-5-14-10-6-3-7(12)9(18-2)4-8(6)15-11(13)17(10)16-5/h3-4H,1-2H3,(H2,13,15). The smallest absolute Gasteiger partial charge is 0.223 e. The van der Waals surface area contributed by atoms with Crippen LogP contribution in [0.4, 0.5) is 10.3 Å². The second kappa shape index (κ2) is 3.52. The molecule has 3 rings (SSSR count). The van der Waals surface area contributed by atoms with Gasteiger partial charge < -0.3 is 10.5 Å². The first-order valence-electron chi connectivity index (χ1n) is 5.26. The van der Waals surface area contributed by atoms with Crippen LogP contribution in [0.15, 0.2) is 12.1 Å². The topological polar surface area (TPSA) is 78.3 Å². The highest BCUT2D eigenvalue weighted by Gasteiger charge is 2.13. The van der Waals surface area contributed by atoms with Gasteiger partial charge in [0, 0.05) is 11.5 Å². The molecule has 6 nitrogen and oxygen atoms in total. The molecule has 18 heavy (non-hydrogen) atoms. The van der Waals surface area contributed by atoms with Gasteiger partial charge in [-0.2, -0.15) is 4.52 Å². The first-order chi connectivity index (χ1) is 8.60. The Bertz CT molecular complexity index is 767. The van der Waals surface area contributed by atoms with Crippen molar-refractivity contribution in [3.05, 3.63) is 23.8 Å². The zero-order chi connectivity index (χ0) is 12.9. The first-order valence-corrected chi connectivity index (χ1v) is 5.26. The van der Waals surface area contributed by atoms with Crippen LogP contribution < -0.4 is 10.5 Å². The van der Waals surface area contributed by atoms with Crippen molar-refractivity contribution in [2.75, 3.05) is 12.8 Å². The predicted molar refractivity (Wildman–Crippen MR) is 63.9 cm³/mol. The largest absolute Gasteiger partial charge is 0.494 e. The van der Waals surface area contributed by atoms with E-state index in [2.05, 4.69) is 15.1 Å². The van der Waals surface area contributed by atoms with Gasteiger partial charge in [-0.15, -0.1) is 5.10 Å². The molecule has 92 valence electrons. The fourth-order valence-electron chi connectivity index (χ4n) is 1.89. The van der Waals surface area contributed by atoms with Crippen LogP contribution in [0.3, 0.4) is 0 Å². The van der Waals surface area contributed by atoms with Crippen molar-refractivity contribution in [1.29, 1.82) is 0 Å². The summed E-state index contributed by atoms with van der Waals surface area (Å²) in [5, 5.41) is 4.64. The lowest BCUT2D eigenvalue weighted by atomic mass is 10.2. The lowest BCUT2D eigenvalue weighted by Gasteiger charge is -2.05. The molecule has 0 fully saturated rings. The van der Waals surface area contributed by atoms with Crippen LogP contribution in [-0.4, -0.2) is 26.7 Å². The van der Waals surface area contributed by atoms with E-state index in [1.165, 1.54) is 23.8 Å². The number of nitrogens with zero attached hydrogens (tertiary/aromatic N) is 4. The number of anilines is 1. The SMILES string of the molecule is COc1cc2nc(N)n3nc(C)nc3c2cc1F. The number of nitrogens with two attached hydrogens (primary N) is 1. The summed E-state index contributed by atoms with van der Waals surface area (Å²) >= 11 is 0. The predicted octanol–water partition coefficient (Wildman–Crippen LogP) is 1.32. The van der Waals surface area contributed by atoms with Crippen molar-refractivity contribution >= 4 is 22.5 Å². The summed E-state index contributed by atoms with van der Waals surface area (Å²) < 4.78 is 20.0. The average Bonchev–Trinajstić information content (AvgIpc) is 2.72. The quantitative estimate of drug-likeness (QED) is 0.701. The van der Waals surface area contributed by atoms with E-state index in [-0.39, 0.29) is 11.7 Å². The molecule has 0 saturated carbocycles. The van der Waals surface area contributed by atoms with Crippen LogP contribution in [0, 0.1) is 12.7 Å². The van der Waals surface area contributed by atoms with Crippen LogP contribution in [-0.2, 0) is 0 Å². The van der Waals surface area contributed by atoms with Crippen LogP contribution in [0.5, 0.6) is 5.75 Å². The van der Waals surface area contributed by atoms with Crippen LogP contribution >= 0.6 is 0 Å². The number of nitrogen functional groups attached to an aromatic ring is 1. The van der Waals surface area contributed by atoms with Gasteiger partial charge in [-0.3, -0.25) is 0 Å². The van der Waals surface area contributed by atoms with E-state index in [0.29, 0.717) is 22.4 Å². The molecule has 0 unspecified atom stereocenters. The number of hydrogen-bond donors (Lipinski definition) is 1. The zero-order valence-corrected chi connectivity index (χ0v) is 9.81. The van der Waals surface area contributed by atoms with Gasteiger partial charge in [0.1, 0.15) is 5.82 Å². The number of aryl methyl sites for hydroxylation is 1. The summed E-state index contributed by atoms with van der Waals surface area (Å²) in [5.74, 6) is 0.396. The highest BCUT2D eigenvalue weighted by molar-refractivity contribution is 5.93. The number of fused-ring (bicyclic) bond motifs is 3. The van der Waals surface area contributed by atoms with Gasteiger partial charge in [0.15, 0.2) is 17.2 Å². The molecule has 0 radical (unpaired) electrons. The van der Waals surface area contributed by atoms with E-state index in [1.807, 2.05) is 0 Å². The monoisotopic (exact) mass is 247 g/mol. The number of ether oxygens (including phenoxy) is 1. The maximum absolute atomic E-state index is 13.7. The van der Waals surface area contributed by atoms with Gasteiger partial charge in [-0.05, 0) is 13.0 Å². The molecule has 0 bridgehead atoms. The minimum absolute atomic E-state index is 0.120. The summed E-state index contributed by atoms with van der Waals surface area (Å²) in [6, 6.07) is 2.81. The molecule has 2 N–H and O–H groups in total. The average molecular weight is 247 g/mol. The minimum Gasteiger partial charge on any atom is -0.494 e. The van der Waals surface area contributed by atoms with Gasteiger partial charge in [0.2, 0.25) is 5.95 Å². The van der Waals surface area contributed by atoms with Gasteiger partial charge in [-0.1, -0.05) is 0 Å². The lowest BCUT2D eigenvalue weighted by molar-refractivity contribution is 0.387. The van der Waals surface area contributed by atoms with Gasteiger partial charge >= 0.3 is 0 Å². The maximum Gasteiger partial charge on any atom is 0.223 e. The third kappa shape index (κ3) is 1.37. The van der Waals surface area contributed by atoms with E-state index >= 15 is 0 Å². The minimum atomic E-state index is -0.473. The Morgan fingerprint density at radius 1 is 1.33 bits per heavy atom. The number of aromatic nitrogens is 4. The number of hydrogen-bond acceptors (Lipinski definition) is 5. The molecular formula is C11H10FN5O. The third-order valence-electron chi connectivity index (χ3n) is 2.68. The molecule has 0 spiro atoms. The van der Waals surface area contributed by atoms with Crippen LogP contribution in [0.2, 0.25) is 0 Å². The van der Waals surface area contributed by atoms with Gasteiger partial charge in [0.25, 0.3) is 0 Å². The van der Waals surface area contributed by atoms with Crippen molar-refractivity contribution < 1.29 is 9.13 Å². The molecule has 0 aliphatic rings. The maximum atomic E-state index is 13.7. The van der Waals surface area contributed by atoms with Crippen molar-refractivity contribution in [3.8, 4) is 5.75 Å². The summed E-state index contributed by atoms with van der Waals surface area (Å²) in [5.41, 5.74) is 6.78. The fourth-order valence-corrected chi connectivity index (χ4v) is 1.89. The van der Waals surface area contributed by atoms with E-state index in [9.17, 15) is 4.39 Å². The molecule has 2 heterocycles. The molecule has 0 aliphatic carbocycles. The van der Waals surface area contributed by atoms with Crippen molar-refractivity contribution in [1.82, 2.24) is 19.6 Å². The molecule has 0 aliphatic heterocycles. The van der Waals surface area contributed by atoms with Gasteiger partial charge in [0.05, 0.1) is 12.6 Å². The normalized spacial score (nSPS) is 11.3. The number of benzene rings is 1. The number of rotatable bonds is 1. The molecule has 0 saturated heterocycles. The summed E-state index contributed by atoms with van der Waals surface area (Å²) in [7, 11) is 1.40. The Balaban J connectivity index is 2.50. The molecule has 3 aromatic rings. The molecule has 1 aromatic carbocycles. The Morgan fingerprint density at radius 2 is 2.11 bits per heavy atom. The Morgan fingerprint density at radius 3 is 2.83 bits per heavy atom. The second-order valence-corrected chi connectivity index (χ2v) is 3.87.